The maximum Gasteiger partial charge on any atom is 0.251 e. The zero-order valence-corrected chi connectivity index (χ0v) is 16.2. The number of benzene rings is 2. The number of halogens is 2. The van der Waals surface area contributed by atoms with Crippen LogP contribution in [0.1, 0.15) is 28.8 Å². The van der Waals surface area contributed by atoms with Crippen LogP contribution in [0.4, 0.5) is 0 Å². The first kappa shape index (κ1) is 18.7. The Bertz CT molecular complexity index is 860. The molecular formula is C19H17BrClN3O2. The number of hydrogen-bond acceptors (Lipinski definition) is 4. The summed E-state index contributed by atoms with van der Waals surface area (Å²) in [6.07, 6.45) is 1.83. The van der Waals surface area contributed by atoms with Crippen molar-refractivity contribution in [1.29, 1.82) is 5.26 Å². The normalized spacial score (nSPS) is 14.5. The van der Waals surface area contributed by atoms with Gasteiger partial charge < -0.3 is 15.4 Å². The molecule has 1 amide bonds. The first-order valence-electron chi connectivity index (χ1n) is 8.26. The Morgan fingerprint density at radius 1 is 1.27 bits per heavy atom. The van der Waals surface area contributed by atoms with Gasteiger partial charge in [0.15, 0.2) is 0 Å². The molecule has 0 saturated carbocycles. The highest BCUT2D eigenvalue weighted by atomic mass is 79.9. The van der Waals surface area contributed by atoms with Crippen molar-refractivity contribution >= 4 is 33.4 Å². The van der Waals surface area contributed by atoms with Crippen molar-refractivity contribution in [1.82, 2.24) is 10.6 Å². The van der Waals surface area contributed by atoms with Gasteiger partial charge in [-0.2, -0.15) is 5.26 Å². The topological polar surface area (TPSA) is 74.1 Å². The van der Waals surface area contributed by atoms with Gasteiger partial charge in [-0.05, 0) is 72.2 Å². The Balaban J connectivity index is 1.74. The van der Waals surface area contributed by atoms with Crippen LogP contribution in [0.15, 0.2) is 40.9 Å². The van der Waals surface area contributed by atoms with Gasteiger partial charge in [0.2, 0.25) is 0 Å². The van der Waals surface area contributed by atoms with Gasteiger partial charge in [-0.3, -0.25) is 4.79 Å². The van der Waals surface area contributed by atoms with Gasteiger partial charge in [0.25, 0.3) is 5.91 Å². The molecule has 3 rings (SSSR count). The highest BCUT2D eigenvalue weighted by Gasteiger charge is 2.18. The molecule has 2 aromatic rings. The van der Waals surface area contributed by atoms with Crippen molar-refractivity contribution < 1.29 is 9.53 Å². The van der Waals surface area contributed by atoms with E-state index in [0.29, 0.717) is 32.1 Å². The second kappa shape index (κ2) is 8.54. The summed E-state index contributed by atoms with van der Waals surface area (Å²) < 4.78 is 6.42. The van der Waals surface area contributed by atoms with Gasteiger partial charge in [0.05, 0.1) is 5.02 Å². The Labute approximate surface area is 165 Å². The summed E-state index contributed by atoms with van der Waals surface area (Å²) in [5.74, 6) is 0.640. The van der Waals surface area contributed by atoms with E-state index in [1.165, 1.54) is 0 Å². The molecule has 2 aromatic carbocycles. The van der Waals surface area contributed by atoms with E-state index in [-0.39, 0.29) is 11.9 Å². The molecule has 5 nitrogen and oxygen atoms in total. The molecule has 1 aliphatic heterocycles. The van der Waals surface area contributed by atoms with Crippen molar-refractivity contribution in [2.45, 2.75) is 18.9 Å². The molecule has 0 bridgehead atoms. The summed E-state index contributed by atoms with van der Waals surface area (Å²) in [4.78, 5) is 12.4. The van der Waals surface area contributed by atoms with E-state index in [1.807, 2.05) is 0 Å². The predicted octanol–water partition coefficient (Wildman–Crippen LogP) is 4.25. The van der Waals surface area contributed by atoms with Crippen LogP contribution in [0.25, 0.3) is 0 Å². The summed E-state index contributed by atoms with van der Waals surface area (Å²) >= 11 is 9.62. The second-order valence-corrected chi connectivity index (χ2v) is 7.23. The molecule has 1 saturated heterocycles. The van der Waals surface area contributed by atoms with Crippen LogP contribution < -0.4 is 15.4 Å². The number of hydrogen-bond donors (Lipinski definition) is 2. The molecule has 1 aliphatic rings. The Kier molecular flexibility index (Phi) is 6.15. The highest BCUT2D eigenvalue weighted by Crippen LogP contribution is 2.34. The third-order valence-corrected chi connectivity index (χ3v) is 5.13. The van der Waals surface area contributed by atoms with Crippen LogP contribution in [-0.4, -0.2) is 25.0 Å². The van der Waals surface area contributed by atoms with Gasteiger partial charge in [0, 0.05) is 16.1 Å². The molecule has 0 aliphatic carbocycles. The standard InChI is InChI=1S/C19H17BrClN3O2/c20-15-2-1-3-17(14(15)11-22)26-18-5-4-12(10-16(18)21)19(25)24-13-6-8-23-9-7-13/h1-5,10,13,23H,6-9H2,(H,24,25). The quantitative estimate of drug-likeness (QED) is 0.754. The smallest absolute Gasteiger partial charge is 0.251 e. The lowest BCUT2D eigenvalue weighted by molar-refractivity contribution is 0.0929. The average molecular weight is 435 g/mol. The summed E-state index contributed by atoms with van der Waals surface area (Å²) in [5.41, 5.74) is 0.868. The summed E-state index contributed by atoms with van der Waals surface area (Å²) in [7, 11) is 0. The summed E-state index contributed by atoms with van der Waals surface area (Å²) in [6, 6.07) is 12.4. The van der Waals surface area contributed by atoms with Crippen LogP contribution in [0.2, 0.25) is 5.02 Å². The zero-order valence-electron chi connectivity index (χ0n) is 13.9. The SMILES string of the molecule is N#Cc1c(Br)cccc1Oc1ccc(C(=O)NC2CCNCC2)cc1Cl. The second-order valence-electron chi connectivity index (χ2n) is 5.97. The van der Waals surface area contributed by atoms with Gasteiger partial charge in [0.1, 0.15) is 23.1 Å². The van der Waals surface area contributed by atoms with Crippen molar-refractivity contribution in [3.63, 3.8) is 0 Å². The summed E-state index contributed by atoms with van der Waals surface area (Å²) in [5, 5.41) is 15.9. The van der Waals surface area contributed by atoms with Crippen LogP contribution >= 0.6 is 27.5 Å². The van der Waals surface area contributed by atoms with Gasteiger partial charge in [-0.25, -0.2) is 0 Å². The predicted molar refractivity (Wildman–Crippen MR) is 104 cm³/mol. The Morgan fingerprint density at radius 2 is 2.04 bits per heavy atom. The Hall–Kier alpha value is -2.07. The van der Waals surface area contributed by atoms with Crippen molar-refractivity contribution in [2.75, 3.05) is 13.1 Å². The van der Waals surface area contributed by atoms with E-state index in [0.717, 1.165) is 25.9 Å². The van der Waals surface area contributed by atoms with Gasteiger partial charge >= 0.3 is 0 Å². The van der Waals surface area contributed by atoms with E-state index in [2.05, 4.69) is 32.6 Å². The lowest BCUT2D eigenvalue weighted by Crippen LogP contribution is -2.42. The van der Waals surface area contributed by atoms with Crippen molar-refractivity contribution in [2.24, 2.45) is 0 Å². The molecule has 7 heteroatoms. The minimum Gasteiger partial charge on any atom is -0.454 e. The molecule has 0 aromatic heterocycles. The fourth-order valence-electron chi connectivity index (χ4n) is 2.78. The molecule has 2 N–H and O–H groups in total. The van der Waals surface area contributed by atoms with E-state index in [9.17, 15) is 10.1 Å². The molecular weight excluding hydrogens is 418 g/mol. The molecule has 0 spiro atoms. The van der Waals surface area contributed by atoms with Gasteiger partial charge in [-0.1, -0.05) is 17.7 Å². The fourth-order valence-corrected chi connectivity index (χ4v) is 3.43. The van der Waals surface area contributed by atoms with E-state index in [4.69, 9.17) is 16.3 Å². The Morgan fingerprint density at radius 3 is 2.73 bits per heavy atom. The van der Waals surface area contributed by atoms with E-state index >= 15 is 0 Å². The average Bonchev–Trinajstić information content (AvgIpc) is 2.64. The van der Waals surface area contributed by atoms with Crippen molar-refractivity contribution in [3.8, 4) is 17.6 Å². The van der Waals surface area contributed by atoms with Crippen LogP contribution in [0.5, 0.6) is 11.5 Å². The van der Waals surface area contributed by atoms with Crippen molar-refractivity contribution in [3.05, 3.63) is 57.0 Å². The first-order valence-corrected chi connectivity index (χ1v) is 9.43. The number of piperidine rings is 1. The number of rotatable bonds is 4. The number of carbonyl (C=O) groups excluding carboxylic acids is 1. The largest absolute Gasteiger partial charge is 0.454 e. The molecule has 0 atom stereocenters. The molecule has 134 valence electrons. The lowest BCUT2D eigenvalue weighted by atomic mass is 10.1. The minimum absolute atomic E-state index is 0.148. The lowest BCUT2D eigenvalue weighted by Gasteiger charge is -2.23. The molecule has 0 unspecified atom stereocenters. The number of amides is 1. The number of nitriles is 1. The highest BCUT2D eigenvalue weighted by molar-refractivity contribution is 9.10. The van der Waals surface area contributed by atoms with E-state index < -0.39 is 0 Å². The molecule has 1 fully saturated rings. The minimum atomic E-state index is -0.148. The maximum absolute atomic E-state index is 12.4. The first-order chi connectivity index (χ1) is 12.6. The molecule has 1 heterocycles. The van der Waals surface area contributed by atoms with Crippen LogP contribution in [0, 0.1) is 11.3 Å². The number of nitrogens with one attached hydrogen (secondary N) is 2. The van der Waals surface area contributed by atoms with E-state index in [1.54, 1.807) is 36.4 Å². The van der Waals surface area contributed by atoms with Crippen LogP contribution in [0.3, 0.4) is 0 Å². The third kappa shape index (κ3) is 4.36. The molecule has 26 heavy (non-hydrogen) atoms. The maximum atomic E-state index is 12.4. The zero-order chi connectivity index (χ0) is 18.5. The number of nitrogens with zero attached hydrogens (tertiary/aromatic N) is 1. The fraction of sp³-hybridized carbons (Fsp3) is 0.263. The monoisotopic (exact) mass is 433 g/mol. The third-order valence-electron chi connectivity index (χ3n) is 4.18. The number of ether oxygens (including phenoxy) is 1. The number of carbonyl (C=O) groups is 1. The van der Waals surface area contributed by atoms with Crippen LogP contribution in [-0.2, 0) is 0 Å². The van der Waals surface area contributed by atoms with Gasteiger partial charge in [-0.15, -0.1) is 0 Å². The summed E-state index contributed by atoms with van der Waals surface area (Å²) in [6.45, 7) is 1.82. The molecule has 0 radical (unpaired) electrons.